The van der Waals surface area contributed by atoms with Crippen LogP contribution in [-0.2, 0) is 25.5 Å². The number of carbonyl (C=O) groups excluding carboxylic acids is 3. The molecule has 0 spiro atoms. The molecule has 0 saturated carbocycles. The van der Waals surface area contributed by atoms with Gasteiger partial charge < -0.3 is 20.3 Å². The number of rotatable bonds is 8. The molecule has 2 aromatic rings. The summed E-state index contributed by atoms with van der Waals surface area (Å²) < 4.78 is 5.78. The molecule has 1 saturated heterocycles. The number of hydrogen-bond donors (Lipinski definition) is 2. The minimum atomic E-state index is -0.636. The Morgan fingerprint density at radius 3 is 2.47 bits per heavy atom. The summed E-state index contributed by atoms with van der Waals surface area (Å²) in [4.78, 5) is 39.0. The number of fused-ring (bicyclic) bond motifs is 1. The summed E-state index contributed by atoms with van der Waals surface area (Å²) >= 11 is 0. The first-order valence-corrected chi connectivity index (χ1v) is 11.2. The Bertz CT molecular complexity index is 973. The van der Waals surface area contributed by atoms with Crippen molar-refractivity contribution in [2.75, 3.05) is 20.6 Å². The normalized spacial score (nSPS) is 19.0. The van der Waals surface area contributed by atoms with Crippen molar-refractivity contribution in [1.29, 1.82) is 0 Å². The summed E-state index contributed by atoms with van der Waals surface area (Å²) in [5, 5.41) is 7.97. The third kappa shape index (κ3) is 6.07. The molecule has 32 heavy (non-hydrogen) atoms. The first-order chi connectivity index (χ1) is 15.2. The van der Waals surface area contributed by atoms with Gasteiger partial charge in [-0.3, -0.25) is 14.4 Å². The molecule has 3 amide bonds. The zero-order valence-corrected chi connectivity index (χ0v) is 19.3. The molecule has 172 valence electrons. The van der Waals surface area contributed by atoms with Crippen molar-refractivity contribution >= 4 is 28.5 Å². The Labute approximate surface area is 189 Å². The lowest BCUT2D eigenvalue weighted by atomic mass is 10.0. The largest absolute Gasteiger partial charge is 0.363 e. The summed E-state index contributed by atoms with van der Waals surface area (Å²) in [6, 6.07) is 13.3. The summed E-state index contributed by atoms with van der Waals surface area (Å²) in [6.07, 6.45) is 0.920. The number of nitrogens with zero attached hydrogens (tertiary/aromatic N) is 1. The van der Waals surface area contributed by atoms with Gasteiger partial charge in [-0.2, -0.15) is 0 Å². The number of ether oxygens (including phenoxy) is 1. The van der Waals surface area contributed by atoms with Gasteiger partial charge in [0, 0.05) is 20.6 Å². The van der Waals surface area contributed by atoms with E-state index in [-0.39, 0.29) is 36.2 Å². The van der Waals surface area contributed by atoms with Gasteiger partial charge in [-0.25, -0.2) is 0 Å². The van der Waals surface area contributed by atoms with Crippen LogP contribution in [0, 0.1) is 5.92 Å². The smallest absolute Gasteiger partial charge is 0.251 e. The molecule has 2 aromatic carbocycles. The average molecular weight is 440 g/mol. The Morgan fingerprint density at radius 1 is 1.06 bits per heavy atom. The molecular weight excluding hydrogens is 406 g/mol. The molecule has 0 unspecified atom stereocenters. The monoisotopic (exact) mass is 439 g/mol. The second-order valence-electron chi connectivity index (χ2n) is 8.95. The fourth-order valence-corrected chi connectivity index (χ4v) is 3.94. The number of nitrogens with one attached hydrogen (secondary N) is 2. The summed E-state index contributed by atoms with van der Waals surface area (Å²) in [7, 11) is 3.41. The second-order valence-corrected chi connectivity index (χ2v) is 8.95. The minimum Gasteiger partial charge on any atom is -0.363 e. The van der Waals surface area contributed by atoms with Crippen molar-refractivity contribution in [3.8, 4) is 0 Å². The molecule has 0 aliphatic carbocycles. The molecule has 0 aromatic heterocycles. The van der Waals surface area contributed by atoms with Crippen LogP contribution in [0.15, 0.2) is 42.5 Å². The second kappa shape index (κ2) is 10.6. The van der Waals surface area contributed by atoms with E-state index in [0.29, 0.717) is 19.4 Å². The highest BCUT2D eigenvalue weighted by Crippen LogP contribution is 2.20. The molecule has 7 nitrogen and oxygen atoms in total. The number of carbonyl (C=O) groups is 3. The first-order valence-electron chi connectivity index (χ1n) is 11.2. The van der Waals surface area contributed by atoms with E-state index in [1.54, 1.807) is 14.1 Å². The maximum absolute atomic E-state index is 12.8. The number of hydrogen-bond acceptors (Lipinski definition) is 4. The average Bonchev–Trinajstić information content (AvgIpc) is 3.24. The number of likely N-dealkylation sites (N-methyl/N-ethyl adjacent to an activating group) is 1. The number of amides is 3. The van der Waals surface area contributed by atoms with Crippen LogP contribution in [0.1, 0.15) is 32.3 Å². The predicted octanol–water partition coefficient (Wildman–Crippen LogP) is 2.28. The van der Waals surface area contributed by atoms with Crippen LogP contribution < -0.4 is 10.6 Å². The zero-order chi connectivity index (χ0) is 23.3. The van der Waals surface area contributed by atoms with Crippen LogP contribution >= 0.6 is 0 Å². The van der Waals surface area contributed by atoms with E-state index in [9.17, 15) is 14.4 Å². The molecule has 2 N–H and O–H groups in total. The molecular formula is C25H33N3O4. The van der Waals surface area contributed by atoms with Crippen molar-refractivity contribution in [2.45, 2.75) is 51.4 Å². The van der Waals surface area contributed by atoms with Gasteiger partial charge in [0.25, 0.3) is 5.91 Å². The van der Waals surface area contributed by atoms with Crippen molar-refractivity contribution < 1.29 is 19.1 Å². The van der Waals surface area contributed by atoms with Crippen molar-refractivity contribution in [3.63, 3.8) is 0 Å². The van der Waals surface area contributed by atoms with Gasteiger partial charge >= 0.3 is 0 Å². The van der Waals surface area contributed by atoms with Gasteiger partial charge in [-0.15, -0.1) is 0 Å². The first kappa shape index (κ1) is 23.7. The van der Waals surface area contributed by atoms with Gasteiger partial charge in [-0.1, -0.05) is 56.3 Å². The van der Waals surface area contributed by atoms with E-state index in [1.807, 2.05) is 56.3 Å². The van der Waals surface area contributed by atoms with Crippen LogP contribution in [0.25, 0.3) is 10.8 Å². The molecule has 1 aliphatic rings. The van der Waals surface area contributed by atoms with Crippen LogP contribution in [0.2, 0.25) is 0 Å². The quantitative estimate of drug-likeness (QED) is 0.661. The highest BCUT2D eigenvalue weighted by Gasteiger charge is 2.32. The minimum absolute atomic E-state index is 0.0557. The SMILES string of the molecule is CC(C)[C@H](NC(=O)Cc1ccc2ccccc2c1)C(=O)NC[C@@H]1CC[C@H](C(=O)N(C)C)O1. The summed E-state index contributed by atoms with van der Waals surface area (Å²) in [6.45, 7) is 4.12. The fourth-order valence-electron chi connectivity index (χ4n) is 3.94. The molecule has 3 rings (SSSR count). The third-order valence-corrected chi connectivity index (χ3v) is 5.77. The lowest BCUT2D eigenvalue weighted by Gasteiger charge is -2.23. The van der Waals surface area contributed by atoms with E-state index >= 15 is 0 Å². The zero-order valence-electron chi connectivity index (χ0n) is 19.3. The highest BCUT2D eigenvalue weighted by atomic mass is 16.5. The molecule has 3 atom stereocenters. The Balaban J connectivity index is 1.52. The maximum Gasteiger partial charge on any atom is 0.251 e. The predicted molar refractivity (Wildman–Crippen MR) is 124 cm³/mol. The Hall–Kier alpha value is -2.93. The van der Waals surface area contributed by atoms with Crippen LogP contribution in [0.4, 0.5) is 0 Å². The maximum atomic E-state index is 12.8. The van der Waals surface area contributed by atoms with E-state index in [4.69, 9.17) is 4.74 Å². The third-order valence-electron chi connectivity index (χ3n) is 5.77. The Kier molecular flexibility index (Phi) is 7.85. The van der Waals surface area contributed by atoms with Gasteiger partial charge in [0.05, 0.1) is 12.5 Å². The summed E-state index contributed by atoms with van der Waals surface area (Å²) in [5.74, 6) is -0.552. The van der Waals surface area contributed by atoms with Gasteiger partial charge in [-0.05, 0) is 35.1 Å². The molecule has 0 bridgehead atoms. The van der Waals surface area contributed by atoms with Crippen molar-refractivity contribution in [3.05, 3.63) is 48.0 Å². The van der Waals surface area contributed by atoms with Crippen molar-refractivity contribution in [1.82, 2.24) is 15.5 Å². The van der Waals surface area contributed by atoms with Gasteiger partial charge in [0.15, 0.2) is 0 Å². The lowest BCUT2D eigenvalue weighted by molar-refractivity contribution is -0.140. The fraction of sp³-hybridized carbons (Fsp3) is 0.480. The molecule has 7 heteroatoms. The lowest BCUT2D eigenvalue weighted by Crippen LogP contribution is -2.51. The van der Waals surface area contributed by atoms with Crippen LogP contribution in [-0.4, -0.2) is 61.5 Å². The van der Waals surface area contributed by atoms with Crippen LogP contribution in [0.3, 0.4) is 0 Å². The number of benzene rings is 2. The van der Waals surface area contributed by atoms with Gasteiger partial charge in [0.1, 0.15) is 12.1 Å². The van der Waals surface area contributed by atoms with E-state index in [1.165, 1.54) is 4.90 Å². The van der Waals surface area contributed by atoms with E-state index < -0.39 is 12.1 Å². The molecule has 0 radical (unpaired) electrons. The Morgan fingerprint density at radius 2 is 1.78 bits per heavy atom. The molecule has 1 fully saturated rings. The van der Waals surface area contributed by atoms with Gasteiger partial charge in [0.2, 0.25) is 11.8 Å². The topological polar surface area (TPSA) is 87.7 Å². The molecule has 1 heterocycles. The van der Waals surface area contributed by atoms with Crippen molar-refractivity contribution in [2.24, 2.45) is 5.92 Å². The van der Waals surface area contributed by atoms with E-state index in [2.05, 4.69) is 10.6 Å². The van der Waals surface area contributed by atoms with Crippen LogP contribution in [0.5, 0.6) is 0 Å². The van der Waals surface area contributed by atoms with E-state index in [0.717, 1.165) is 16.3 Å². The molecule has 1 aliphatic heterocycles. The summed E-state index contributed by atoms with van der Waals surface area (Å²) in [5.41, 5.74) is 0.903. The standard InChI is InChI=1S/C25H33N3O4/c1-16(2)23(24(30)26-15-20-11-12-21(32-20)25(31)28(3)4)27-22(29)14-17-9-10-18-7-5-6-8-19(18)13-17/h5-10,13,16,20-21,23H,11-12,14-15H2,1-4H3,(H,26,30)(H,27,29)/t20-,21+,23-/m0/s1. The highest BCUT2D eigenvalue weighted by molar-refractivity contribution is 5.89.